The van der Waals surface area contributed by atoms with Crippen LogP contribution in [0.2, 0.25) is 0 Å². The predicted molar refractivity (Wildman–Crippen MR) is 107 cm³/mol. The van der Waals surface area contributed by atoms with Gasteiger partial charge >= 0.3 is 0 Å². The number of amides is 1. The SMILES string of the molecule is Cc1ccccc1CSCCNC(=O)c1ccccc1SC(C)C. The van der Waals surface area contributed by atoms with Gasteiger partial charge in [0, 0.05) is 28.2 Å². The molecule has 2 aromatic carbocycles. The molecule has 2 aromatic rings. The number of rotatable bonds is 8. The predicted octanol–water partition coefficient (Wildman–Crippen LogP) is 5.16. The highest BCUT2D eigenvalue weighted by Gasteiger charge is 2.11. The summed E-state index contributed by atoms with van der Waals surface area (Å²) in [7, 11) is 0. The van der Waals surface area contributed by atoms with E-state index < -0.39 is 0 Å². The molecule has 0 aliphatic heterocycles. The molecule has 0 radical (unpaired) electrons. The number of benzene rings is 2. The number of thioether (sulfide) groups is 2. The molecule has 4 heteroatoms. The minimum Gasteiger partial charge on any atom is -0.351 e. The van der Waals surface area contributed by atoms with E-state index in [9.17, 15) is 4.79 Å². The molecule has 0 aliphatic carbocycles. The van der Waals surface area contributed by atoms with Crippen molar-refractivity contribution in [3.63, 3.8) is 0 Å². The summed E-state index contributed by atoms with van der Waals surface area (Å²) in [4.78, 5) is 13.5. The van der Waals surface area contributed by atoms with Crippen molar-refractivity contribution >= 4 is 29.4 Å². The molecule has 24 heavy (non-hydrogen) atoms. The molecule has 0 atom stereocenters. The van der Waals surface area contributed by atoms with Crippen molar-refractivity contribution in [2.24, 2.45) is 0 Å². The van der Waals surface area contributed by atoms with Gasteiger partial charge in [0.15, 0.2) is 0 Å². The molecule has 0 unspecified atom stereocenters. The number of carbonyl (C=O) groups excluding carboxylic acids is 1. The summed E-state index contributed by atoms with van der Waals surface area (Å²) in [6.45, 7) is 7.11. The first-order valence-electron chi connectivity index (χ1n) is 8.24. The standard InChI is InChI=1S/C20H25NOS2/c1-15(2)24-19-11-7-6-10-18(19)20(22)21-12-13-23-14-17-9-5-4-8-16(17)3/h4-11,15H,12-14H2,1-3H3,(H,21,22). The van der Waals surface area contributed by atoms with Crippen LogP contribution in [0.5, 0.6) is 0 Å². The van der Waals surface area contributed by atoms with E-state index in [1.807, 2.05) is 36.0 Å². The third-order valence-electron chi connectivity index (χ3n) is 3.55. The molecule has 2 nitrogen and oxygen atoms in total. The largest absolute Gasteiger partial charge is 0.351 e. The third kappa shape index (κ3) is 5.91. The Hall–Kier alpha value is -1.39. The van der Waals surface area contributed by atoms with Crippen LogP contribution in [0.1, 0.15) is 35.3 Å². The molecule has 0 aromatic heterocycles. The van der Waals surface area contributed by atoms with Crippen molar-refractivity contribution in [3.05, 3.63) is 65.2 Å². The van der Waals surface area contributed by atoms with Gasteiger partial charge in [-0.15, -0.1) is 11.8 Å². The van der Waals surface area contributed by atoms with Gasteiger partial charge in [0.25, 0.3) is 5.91 Å². The topological polar surface area (TPSA) is 29.1 Å². The van der Waals surface area contributed by atoms with Crippen LogP contribution in [0.3, 0.4) is 0 Å². The van der Waals surface area contributed by atoms with E-state index in [4.69, 9.17) is 0 Å². The first kappa shape index (κ1) is 18.9. The fourth-order valence-electron chi connectivity index (χ4n) is 2.30. The Balaban J connectivity index is 1.78. The Morgan fingerprint density at radius 1 is 1.08 bits per heavy atom. The smallest absolute Gasteiger partial charge is 0.252 e. The minimum atomic E-state index is 0.0234. The van der Waals surface area contributed by atoms with Gasteiger partial charge < -0.3 is 5.32 Å². The highest BCUT2D eigenvalue weighted by Crippen LogP contribution is 2.26. The minimum absolute atomic E-state index is 0.0234. The lowest BCUT2D eigenvalue weighted by molar-refractivity contribution is 0.0953. The molecule has 1 amide bonds. The molecule has 0 spiro atoms. The fourth-order valence-corrected chi connectivity index (χ4v) is 4.18. The quantitative estimate of drug-likeness (QED) is 0.521. The third-order valence-corrected chi connectivity index (χ3v) is 5.63. The van der Waals surface area contributed by atoms with Crippen LogP contribution in [0.25, 0.3) is 0 Å². The molecule has 2 rings (SSSR count). The summed E-state index contributed by atoms with van der Waals surface area (Å²) in [5, 5.41) is 3.50. The molecule has 0 fully saturated rings. The van der Waals surface area contributed by atoms with E-state index in [1.54, 1.807) is 11.8 Å². The normalized spacial score (nSPS) is 10.8. The van der Waals surface area contributed by atoms with Gasteiger partial charge in [-0.1, -0.05) is 50.2 Å². The molecule has 0 bridgehead atoms. The number of nitrogens with one attached hydrogen (secondary N) is 1. The maximum atomic E-state index is 12.4. The van der Waals surface area contributed by atoms with E-state index in [2.05, 4.69) is 50.4 Å². The van der Waals surface area contributed by atoms with Crippen LogP contribution in [0.4, 0.5) is 0 Å². The maximum absolute atomic E-state index is 12.4. The Morgan fingerprint density at radius 3 is 2.54 bits per heavy atom. The average Bonchev–Trinajstić information content (AvgIpc) is 2.56. The van der Waals surface area contributed by atoms with Crippen molar-refractivity contribution in [2.75, 3.05) is 12.3 Å². The monoisotopic (exact) mass is 359 g/mol. The molecule has 0 saturated carbocycles. The molecule has 0 aliphatic rings. The van der Waals surface area contributed by atoms with E-state index in [0.29, 0.717) is 11.8 Å². The summed E-state index contributed by atoms with van der Waals surface area (Å²) >= 11 is 3.58. The lowest BCUT2D eigenvalue weighted by Gasteiger charge is -2.11. The van der Waals surface area contributed by atoms with Crippen LogP contribution >= 0.6 is 23.5 Å². The fraction of sp³-hybridized carbons (Fsp3) is 0.350. The van der Waals surface area contributed by atoms with Gasteiger partial charge in [-0.05, 0) is 30.2 Å². The van der Waals surface area contributed by atoms with Crippen LogP contribution in [-0.2, 0) is 5.75 Å². The lowest BCUT2D eigenvalue weighted by atomic mass is 10.1. The van der Waals surface area contributed by atoms with E-state index >= 15 is 0 Å². The zero-order chi connectivity index (χ0) is 17.4. The van der Waals surface area contributed by atoms with Gasteiger partial charge in [0.1, 0.15) is 0 Å². The number of hydrogen-bond donors (Lipinski definition) is 1. The second-order valence-electron chi connectivity index (χ2n) is 5.90. The van der Waals surface area contributed by atoms with Crippen LogP contribution in [-0.4, -0.2) is 23.5 Å². The Bertz CT molecular complexity index is 670. The summed E-state index contributed by atoms with van der Waals surface area (Å²) < 4.78 is 0. The van der Waals surface area contributed by atoms with Crippen LogP contribution in [0.15, 0.2) is 53.4 Å². The van der Waals surface area contributed by atoms with Crippen LogP contribution < -0.4 is 5.32 Å². The zero-order valence-corrected chi connectivity index (χ0v) is 16.2. The van der Waals surface area contributed by atoms with Gasteiger partial charge in [-0.2, -0.15) is 11.8 Å². The van der Waals surface area contributed by atoms with Crippen molar-refractivity contribution in [1.29, 1.82) is 0 Å². The summed E-state index contributed by atoms with van der Waals surface area (Å²) in [6.07, 6.45) is 0. The Morgan fingerprint density at radius 2 is 1.79 bits per heavy atom. The van der Waals surface area contributed by atoms with E-state index in [1.165, 1.54) is 11.1 Å². The average molecular weight is 360 g/mol. The molecule has 0 saturated heterocycles. The summed E-state index contributed by atoms with van der Waals surface area (Å²) in [6, 6.07) is 16.3. The van der Waals surface area contributed by atoms with Crippen molar-refractivity contribution in [3.8, 4) is 0 Å². The van der Waals surface area contributed by atoms with Gasteiger partial charge in [0.05, 0.1) is 5.56 Å². The molecular formula is C20H25NOS2. The molecular weight excluding hydrogens is 334 g/mol. The maximum Gasteiger partial charge on any atom is 0.252 e. The van der Waals surface area contributed by atoms with Crippen LogP contribution in [0, 0.1) is 6.92 Å². The molecule has 1 N–H and O–H groups in total. The number of aryl methyl sites for hydroxylation is 1. The number of hydrogen-bond acceptors (Lipinski definition) is 3. The second kappa shape index (κ2) is 9.80. The van der Waals surface area contributed by atoms with Gasteiger partial charge in [0.2, 0.25) is 0 Å². The van der Waals surface area contributed by atoms with Gasteiger partial charge in [-0.25, -0.2) is 0 Å². The Kier molecular flexibility index (Phi) is 7.73. The lowest BCUT2D eigenvalue weighted by Crippen LogP contribution is -2.26. The molecule has 0 heterocycles. The highest BCUT2D eigenvalue weighted by atomic mass is 32.2. The highest BCUT2D eigenvalue weighted by molar-refractivity contribution is 8.00. The molecule has 128 valence electrons. The first-order valence-corrected chi connectivity index (χ1v) is 10.3. The second-order valence-corrected chi connectivity index (χ2v) is 8.62. The zero-order valence-electron chi connectivity index (χ0n) is 14.5. The van der Waals surface area contributed by atoms with Crippen molar-refractivity contribution in [1.82, 2.24) is 5.32 Å². The number of carbonyl (C=O) groups is 1. The van der Waals surface area contributed by atoms with E-state index in [0.717, 1.165) is 22.0 Å². The van der Waals surface area contributed by atoms with Crippen molar-refractivity contribution in [2.45, 2.75) is 36.7 Å². The summed E-state index contributed by atoms with van der Waals surface area (Å²) in [5.41, 5.74) is 3.47. The van der Waals surface area contributed by atoms with Crippen molar-refractivity contribution < 1.29 is 4.79 Å². The van der Waals surface area contributed by atoms with Gasteiger partial charge in [-0.3, -0.25) is 4.79 Å². The Labute approximate surface area is 153 Å². The van der Waals surface area contributed by atoms with E-state index in [-0.39, 0.29) is 5.91 Å². The summed E-state index contributed by atoms with van der Waals surface area (Å²) in [5.74, 6) is 1.93. The first-order chi connectivity index (χ1) is 11.6.